The molecule has 1 aromatic rings. The Kier molecular flexibility index (Phi) is 4.48. The number of nitrogens with one attached hydrogen (secondary N) is 1. The third kappa shape index (κ3) is 4.14. The summed E-state index contributed by atoms with van der Waals surface area (Å²) < 4.78 is 5.39. The van der Waals surface area contributed by atoms with Crippen molar-refractivity contribution in [1.29, 1.82) is 0 Å². The molecule has 0 fully saturated rings. The molecule has 0 aromatic heterocycles. The lowest BCUT2D eigenvalue weighted by atomic mass is 10.3. The minimum Gasteiger partial charge on any atom is -0.494 e. The Hall–Kier alpha value is -0.670. The fraction of sp³-hybridized carbons (Fsp3) is 0.500. The molecular formula is C12H19NOS. The summed E-state index contributed by atoms with van der Waals surface area (Å²) in [4.78, 5) is 1.31. The molecule has 0 radical (unpaired) electrons. The predicted molar refractivity (Wildman–Crippen MR) is 66.6 cm³/mol. The lowest BCUT2D eigenvalue weighted by molar-refractivity contribution is 0.340. The monoisotopic (exact) mass is 225 g/mol. The van der Waals surface area contributed by atoms with E-state index >= 15 is 0 Å². The average molecular weight is 225 g/mol. The summed E-state index contributed by atoms with van der Waals surface area (Å²) in [6.07, 6.45) is 0. The van der Waals surface area contributed by atoms with Gasteiger partial charge in [-0.1, -0.05) is 0 Å². The molecule has 0 spiro atoms. The summed E-state index contributed by atoms with van der Waals surface area (Å²) in [5.74, 6) is 0.934. The number of benzene rings is 1. The lowest BCUT2D eigenvalue weighted by Crippen LogP contribution is -2.31. The van der Waals surface area contributed by atoms with Crippen LogP contribution in [0.5, 0.6) is 5.75 Å². The first-order valence-corrected chi connectivity index (χ1v) is 6.00. The van der Waals surface area contributed by atoms with Crippen molar-refractivity contribution in [3.8, 4) is 5.75 Å². The van der Waals surface area contributed by atoms with Crippen molar-refractivity contribution < 1.29 is 4.74 Å². The van der Waals surface area contributed by atoms with Crippen LogP contribution in [-0.4, -0.2) is 18.5 Å². The Balaban J connectivity index is 2.64. The number of rotatable bonds is 5. The van der Waals surface area contributed by atoms with E-state index in [2.05, 4.69) is 31.3 Å². The molecule has 0 saturated heterocycles. The van der Waals surface area contributed by atoms with Gasteiger partial charge in [-0.05, 0) is 52.1 Å². The van der Waals surface area contributed by atoms with Crippen molar-refractivity contribution in [2.24, 2.45) is 0 Å². The van der Waals surface area contributed by atoms with Crippen molar-refractivity contribution in [3.05, 3.63) is 24.3 Å². The summed E-state index contributed by atoms with van der Waals surface area (Å²) >= 11 is 1.81. The molecule has 84 valence electrons. The SMILES string of the molecule is CCOc1ccc(SC(C)(C)NC)cc1. The van der Waals surface area contributed by atoms with Gasteiger partial charge in [0, 0.05) is 4.90 Å². The molecule has 0 aliphatic carbocycles. The third-order valence-electron chi connectivity index (χ3n) is 2.11. The predicted octanol–water partition coefficient (Wildman–Crippen LogP) is 3.13. The fourth-order valence-corrected chi connectivity index (χ4v) is 2.08. The molecule has 2 nitrogen and oxygen atoms in total. The zero-order valence-electron chi connectivity index (χ0n) is 9.83. The van der Waals surface area contributed by atoms with E-state index in [0.29, 0.717) is 6.61 Å². The standard InChI is InChI=1S/C12H19NOS/c1-5-14-10-6-8-11(9-7-10)15-12(2,3)13-4/h6-9,13H,5H2,1-4H3. The van der Waals surface area contributed by atoms with Crippen molar-refractivity contribution in [2.45, 2.75) is 30.5 Å². The minimum atomic E-state index is 0.0626. The summed E-state index contributed by atoms with van der Waals surface area (Å²) in [7, 11) is 1.97. The van der Waals surface area contributed by atoms with Gasteiger partial charge in [0.05, 0.1) is 11.5 Å². The second kappa shape index (κ2) is 5.42. The zero-order chi connectivity index (χ0) is 11.3. The summed E-state index contributed by atoms with van der Waals surface area (Å²) in [5, 5.41) is 3.26. The van der Waals surface area contributed by atoms with Crippen molar-refractivity contribution in [2.75, 3.05) is 13.7 Å². The maximum Gasteiger partial charge on any atom is 0.119 e. The minimum absolute atomic E-state index is 0.0626. The quantitative estimate of drug-likeness (QED) is 0.614. The van der Waals surface area contributed by atoms with Crippen LogP contribution < -0.4 is 10.1 Å². The van der Waals surface area contributed by atoms with Crippen LogP contribution in [0.15, 0.2) is 29.2 Å². The van der Waals surface area contributed by atoms with Gasteiger partial charge < -0.3 is 10.1 Å². The van der Waals surface area contributed by atoms with Crippen LogP contribution in [0, 0.1) is 0 Å². The van der Waals surface area contributed by atoms with Gasteiger partial charge in [0.2, 0.25) is 0 Å². The van der Waals surface area contributed by atoms with E-state index in [-0.39, 0.29) is 4.87 Å². The maximum atomic E-state index is 5.39. The van der Waals surface area contributed by atoms with Gasteiger partial charge in [-0.3, -0.25) is 0 Å². The highest BCUT2D eigenvalue weighted by molar-refractivity contribution is 8.00. The molecule has 1 rings (SSSR count). The second-order valence-corrected chi connectivity index (χ2v) is 5.46. The van der Waals surface area contributed by atoms with E-state index < -0.39 is 0 Å². The highest BCUT2D eigenvalue weighted by Gasteiger charge is 2.15. The summed E-state index contributed by atoms with van der Waals surface area (Å²) in [6, 6.07) is 8.21. The lowest BCUT2D eigenvalue weighted by Gasteiger charge is -2.23. The van der Waals surface area contributed by atoms with Crippen LogP contribution in [0.3, 0.4) is 0 Å². The number of thioether (sulfide) groups is 1. The second-order valence-electron chi connectivity index (χ2n) is 3.77. The van der Waals surface area contributed by atoms with Crippen molar-refractivity contribution in [3.63, 3.8) is 0 Å². The van der Waals surface area contributed by atoms with Gasteiger partial charge in [-0.15, -0.1) is 11.8 Å². The Morgan fingerprint density at radius 1 is 1.27 bits per heavy atom. The highest BCUT2D eigenvalue weighted by atomic mass is 32.2. The maximum absolute atomic E-state index is 5.39. The Morgan fingerprint density at radius 2 is 1.87 bits per heavy atom. The van der Waals surface area contributed by atoms with Gasteiger partial charge in [0.1, 0.15) is 5.75 Å². The molecule has 0 aliphatic heterocycles. The molecule has 1 N–H and O–H groups in total. The van der Waals surface area contributed by atoms with Crippen LogP contribution in [0.1, 0.15) is 20.8 Å². The number of ether oxygens (including phenoxy) is 1. The van der Waals surface area contributed by atoms with E-state index in [4.69, 9.17) is 4.74 Å². The molecule has 0 bridgehead atoms. The third-order valence-corrected chi connectivity index (χ3v) is 3.33. The molecule has 0 amide bonds. The normalized spacial score (nSPS) is 11.5. The van der Waals surface area contributed by atoms with Gasteiger partial charge in [0.25, 0.3) is 0 Å². The van der Waals surface area contributed by atoms with Crippen LogP contribution in [0.4, 0.5) is 0 Å². The van der Waals surface area contributed by atoms with Gasteiger partial charge in [-0.25, -0.2) is 0 Å². The van der Waals surface area contributed by atoms with E-state index in [1.165, 1.54) is 4.90 Å². The van der Waals surface area contributed by atoms with E-state index in [0.717, 1.165) is 5.75 Å². The van der Waals surface area contributed by atoms with Crippen LogP contribution in [0.2, 0.25) is 0 Å². The first-order chi connectivity index (χ1) is 7.07. The Labute approximate surface area is 96.4 Å². The van der Waals surface area contributed by atoms with Crippen LogP contribution in [0.25, 0.3) is 0 Å². The summed E-state index contributed by atoms with van der Waals surface area (Å²) in [6.45, 7) is 7.03. The molecule has 0 unspecified atom stereocenters. The first kappa shape index (κ1) is 12.4. The highest BCUT2D eigenvalue weighted by Crippen LogP contribution is 2.30. The largest absolute Gasteiger partial charge is 0.494 e. The van der Waals surface area contributed by atoms with Crippen molar-refractivity contribution in [1.82, 2.24) is 5.32 Å². The Bertz CT molecular complexity index is 295. The van der Waals surface area contributed by atoms with Crippen LogP contribution in [-0.2, 0) is 0 Å². The average Bonchev–Trinajstić information content (AvgIpc) is 2.21. The van der Waals surface area contributed by atoms with Crippen molar-refractivity contribution >= 4 is 11.8 Å². The molecule has 1 aromatic carbocycles. The molecular weight excluding hydrogens is 206 g/mol. The topological polar surface area (TPSA) is 21.3 Å². The van der Waals surface area contributed by atoms with Gasteiger partial charge >= 0.3 is 0 Å². The molecule has 3 heteroatoms. The number of hydrogen-bond donors (Lipinski definition) is 1. The molecule has 0 aliphatic rings. The van der Waals surface area contributed by atoms with E-state index in [1.54, 1.807) is 11.8 Å². The molecule has 15 heavy (non-hydrogen) atoms. The number of hydrogen-bond acceptors (Lipinski definition) is 3. The van der Waals surface area contributed by atoms with Crippen LogP contribution >= 0.6 is 11.8 Å². The Morgan fingerprint density at radius 3 is 2.33 bits per heavy atom. The fourth-order valence-electron chi connectivity index (χ4n) is 1.12. The molecule has 0 saturated carbocycles. The van der Waals surface area contributed by atoms with E-state index in [9.17, 15) is 0 Å². The smallest absolute Gasteiger partial charge is 0.119 e. The van der Waals surface area contributed by atoms with E-state index in [1.807, 2.05) is 26.1 Å². The molecule has 0 heterocycles. The first-order valence-electron chi connectivity index (χ1n) is 5.18. The molecule has 0 atom stereocenters. The summed E-state index contributed by atoms with van der Waals surface area (Å²) in [5.41, 5.74) is 0. The van der Waals surface area contributed by atoms with Gasteiger partial charge in [-0.2, -0.15) is 0 Å². The van der Waals surface area contributed by atoms with Gasteiger partial charge in [0.15, 0.2) is 0 Å². The zero-order valence-corrected chi connectivity index (χ0v) is 10.6.